The molecule has 0 radical (unpaired) electrons. The van der Waals surface area contributed by atoms with E-state index in [0.29, 0.717) is 12.2 Å². The first-order valence-corrected chi connectivity index (χ1v) is 5.99. The number of rotatable bonds is 4. The molecule has 0 aliphatic rings. The van der Waals surface area contributed by atoms with Crippen molar-refractivity contribution >= 4 is 23.5 Å². The van der Waals surface area contributed by atoms with Gasteiger partial charge in [0.15, 0.2) is 10.9 Å². The maximum atomic E-state index is 5.25. The molecule has 0 amide bonds. The summed E-state index contributed by atoms with van der Waals surface area (Å²) >= 11 is 4.63. The van der Waals surface area contributed by atoms with Gasteiger partial charge in [0.05, 0.1) is 5.69 Å². The van der Waals surface area contributed by atoms with Gasteiger partial charge in [-0.1, -0.05) is 17.7 Å². The van der Waals surface area contributed by atoms with E-state index < -0.39 is 0 Å². The standard InChI is InChI=1S/C11H13N7S/c1-8-2-4-9(5-3-8)18-10(14-16-17-18)6-7-13-15-11(12)19/h2-5,7H,6H2,1H3,(H3,12,15,19)/b13-7+. The molecule has 1 aromatic heterocycles. The third kappa shape index (κ3) is 3.55. The summed E-state index contributed by atoms with van der Waals surface area (Å²) in [6.07, 6.45) is 2.08. The molecule has 0 bridgehead atoms. The van der Waals surface area contributed by atoms with Gasteiger partial charge in [-0.15, -0.1) is 5.10 Å². The van der Waals surface area contributed by atoms with Crippen LogP contribution in [0.3, 0.4) is 0 Å². The molecular weight excluding hydrogens is 262 g/mol. The van der Waals surface area contributed by atoms with Crippen molar-refractivity contribution in [3.05, 3.63) is 35.7 Å². The first kappa shape index (κ1) is 13.1. The number of nitrogens with one attached hydrogen (secondary N) is 1. The first-order chi connectivity index (χ1) is 9.16. The van der Waals surface area contributed by atoms with Gasteiger partial charge < -0.3 is 5.73 Å². The molecule has 8 heteroatoms. The van der Waals surface area contributed by atoms with Gasteiger partial charge >= 0.3 is 0 Å². The largest absolute Gasteiger partial charge is 0.375 e. The molecule has 19 heavy (non-hydrogen) atoms. The number of hydrogen-bond acceptors (Lipinski definition) is 5. The zero-order valence-corrected chi connectivity index (χ0v) is 11.1. The van der Waals surface area contributed by atoms with E-state index >= 15 is 0 Å². The molecule has 0 fully saturated rings. The highest BCUT2D eigenvalue weighted by molar-refractivity contribution is 7.80. The van der Waals surface area contributed by atoms with Crippen molar-refractivity contribution in [3.63, 3.8) is 0 Å². The number of aromatic nitrogens is 4. The molecule has 98 valence electrons. The van der Waals surface area contributed by atoms with E-state index in [-0.39, 0.29) is 5.11 Å². The Balaban J connectivity index is 2.11. The topological polar surface area (TPSA) is 94.0 Å². The highest BCUT2D eigenvalue weighted by Crippen LogP contribution is 2.09. The number of aryl methyl sites for hydroxylation is 1. The molecule has 0 aliphatic heterocycles. The first-order valence-electron chi connectivity index (χ1n) is 5.58. The molecular formula is C11H13N7S. The second kappa shape index (κ2) is 6.01. The van der Waals surface area contributed by atoms with Crippen molar-refractivity contribution in [2.75, 3.05) is 0 Å². The number of hydrazone groups is 1. The van der Waals surface area contributed by atoms with Crippen LogP contribution in [0.1, 0.15) is 11.4 Å². The number of hydrogen-bond donors (Lipinski definition) is 2. The van der Waals surface area contributed by atoms with Gasteiger partial charge in [-0.25, -0.2) is 0 Å². The quantitative estimate of drug-likeness (QED) is 0.474. The minimum Gasteiger partial charge on any atom is -0.375 e. The van der Waals surface area contributed by atoms with Crippen LogP contribution in [-0.2, 0) is 6.42 Å². The summed E-state index contributed by atoms with van der Waals surface area (Å²) in [6.45, 7) is 2.03. The predicted molar refractivity (Wildman–Crippen MR) is 76.0 cm³/mol. The molecule has 2 aromatic rings. The van der Waals surface area contributed by atoms with Crippen LogP contribution >= 0.6 is 12.2 Å². The number of nitrogens with two attached hydrogens (primary N) is 1. The Hall–Kier alpha value is -2.35. The maximum absolute atomic E-state index is 5.25. The van der Waals surface area contributed by atoms with Crippen LogP contribution in [0.4, 0.5) is 0 Å². The van der Waals surface area contributed by atoms with Gasteiger partial charge in [-0.05, 0) is 41.7 Å². The van der Waals surface area contributed by atoms with Crippen LogP contribution in [0.15, 0.2) is 29.4 Å². The minimum absolute atomic E-state index is 0.120. The number of thiocarbonyl (C=S) groups is 1. The van der Waals surface area contributed by atoms with Gasteiger partial charge in [-0.2, -0.15) is 9.78 Å². The van der Waals surface area contributed by atoms with Crippen molar-refractivity contribution in [2.45, 2.75) is 13.3 Å². The van der Waals surface area contributed by atoms with E-state index in [1.807, 2.05) is 31.2 Å². The van der Waals surface area contributed by atoms with Crippen LogP contribution in [0.2, 0.25) is 0 Å². The lowest BCUT2D eigenvalue weighted by Crippen LogP contribution is -2.24. The highest BCUT2D eigenvalue weighted by atomic mass is 32.1. The summed E-state index contributed by atoms with van der Waals surface area (Å²) in [5.74, 6) is 0.678. The van der Waals surface area contributed by atoms with E-state index in [1.165, 1.54) is 5.56 Å². The molecule has 3 N–H and O–H groups in total. The summed E-state index contributed by atoms with van der Waals surface area (Å²) in [7, 11) is 0. The van der Waals surface area contributed by atoms with Gasteiger partial charge in [0.1, 0.15) is 0 Å². The summed E-state index contributed by atoms with van der Waals surface area (Å²) < 4.78 is 1.66. The van der Waals surface area contributed by atoms with Gasteiger partial charge in [0, 0.05) is 12.6 Å². The van der Waals surface area contributed by atoms with E-state index in [1.54, 1.807) is 10.9 Å². The molecule has 2 rings (SSSR count). The van der Waals surface area contributed by atoms with E-state index in [2.05, 4.69) is 38.3 Å². The molecule has 0 spiro atoms. The monoisotopic (exact) mass is 275 g/mol. The second-order valence-electron chi connectivity index (χ2n) is 3.83. The fourth-order valence-electron chi connectivity index (χ4n) is 1.46. The second-order valence-corrected chi connectivity index (χ2v) is 4.27. The third-order valence-corrected chi connectivity index (χ3v) is 2.44. The van der Waals surface area contributed by atoms with Crippen molar-refractivity contribution in [3.8, 4) is 5.69 Å². The van der Waals surface area contributed by atoms with Crippen molar-refractivity contribution < 1.29 is 0 Å². The Kier molecular flexibility index (Phi) is 4.14. The van der Waals surface area contributed by atoms with Crippen LogP contribution in [-0.4, -0.2) is 31.5 Å². The average Bonchev–Trinajstić information content (AvgIpc) is 2.84. The average molecular weight is 275 g/mol. The van der Waals surface area contributed by atoms with Crippen LogP contribution in [0, 0.1) is 6.92 Å². The lowest BCUT2D eigenvalue weighted by Gasteiger charge is -2.02. The number of nitrogens with zero attached hydrogens (tertiary/aromatic N) is 5. The summed E-state index contributed by atoms with van der Waals surface area (Å²) in [6, 6.07) is 7.92. The summed E-state index contributed by atoms with van der Waals surface area (Å²) in [4.78, 5) is 0. The zero-order valence-electron chi connectivity index (χ0n) is 10.3. The van der Waals surface area contributed by atoms with Gasteiger partial charge in [0.2, 0.25) is 0 Å². The minimum atomic E-state index is 0.120. The molecule has 0 atom stereocenters. The lowest BCUT2D eigenvalue weighted by atomic mass is 10.2. The van der Waals surface area contributed by atoms with Crippen LogP contribution in [0.25, 0.3) is 5.69 Å². The smallest absolute Gasteiger partial charge is 0.184 e. The molecule has 7 nitrogen and oxygen atoms in total. The Bertz CT molecular complexity index is 587. The SMILES string of the molecule is Cc1ccc(-n2nnnc2C/C=N/NC(N)=S)cc1. The predicted octanol–water partition coefficient (Wildman–Crippen LogP) is 0.332. The lowest BCUT2D eigenvalue weighted by molar-refractivity contribution is 0.775. The van der Waals surface area contributed by atoms with Crippen molar-refractivity contribution in [2.24, 2.45) is 10.8 Å². The third-order valence-electron chi connectivity index (χ3n) is 2.35. The summed E-state index contributed by atoms with van der Waals surface area (Å²) in [5.41, 5.74) is 9.81. The molecule has 0 aliphatic carbocycles. The van der Waals surface area contributed by atoms with E-state index in [9.17, 15) is 0 Å². The highest BCUT2D eigenvalue weighted by Gasteiger charge is 2.06. The van der Waals surface area contributed by atoms with E-state index in [4.69, 9.17) is 5.73 Å². The Morgan fingerprint density at radius 1 is 1.47 bits per heavy atom. The molecule has 0 saturated heterocycles. The van der Waals surface area contributed by atoms with E-state index in [0.717, 1.165) is 5.69 Å². The molecule has 1 aromatic carbocycles. The normalized spacial score (nSPS) is 10.8. The number of benzene rings is 1. The van der Waals surface area contributed by atoms with Gasteiger partial charge in [-0.3, -0.25) is 5.43 Å². The zero-order chi connectivity index (χ0) is 13.7. The fraction of sp³-hybridized carbons (Fsp3) is 0.182. The molecule has 0 unspecified atom stereocenters. The summed E-state index contributed by atoms with van der Waals surface area (Å²) in [5, 5.41) is 15.5. The van der Waals surface area contributed by atoms with Crippen molar-refractivity contribution in [1.29, 1.82) is 0 Å². The van der Waals surface area contributed by atoms with Crippen LogP contribution < -0.4 is 11.2 Å². The number of tetrazole rings is 1. The molecule has 1 heterocycles. The maximum Gasteiger partial charge on any atom is 0.184 e. The van der Waals surface area contributed by atoms with Crippen molar-refractivity contribution in [1.82, 2.24) is 25.6 Å². The van der Waals surface area contributed by atoms with Gasteiger partial charge in [0.25, 0.3) is 0 Å². The Morgan fingerprint density at radius 2 is 2.21 bits per heavy atom. The molecule has 0 saturated carbocycles. The fourth-order valence-corrected chi connectivity index (χ4v) is 1.51. The Morgan fingerprint density at radius 3 is 2.89 bits per heavy atom. The van der Waals surface area contributed by atoms with Crippen LogP contribution in [0.5, 0.6) is 0 Å². The Labute approximate surface area is 115 Å².